The van der Waals surface area contributed by atoms with Crippen LogP contribution in [0.4, 0.5) is 0 Å². The Hall–Kier alpha value is -0.280. The van der Waals surface area contributed by atoms with E-state index in [0.717, 1.165) is 49.8 Å². The summed E-state index contributed by atoms with van der Waals surface area (Å²) in [5.41, 5.74) is 0. The molecule has 1 aliphatic carbocycles. The standard InChI is InChI=1S/C35H70.7CH4O/c1-2-4-6-8-10-12-14-16-18-20-22-24-26-28-30-32-34-35-33-31-29-27-25-23-21-19-17-15-13-11-9-7-5-3-1;7*1-2/h1-35H2;7*2H,1H3. The van der Waals surface area contributed by atoms with Gasteiger partial charge in [-0.25, -0.2) is 0 Å². The van der Waals surface area contributed by atoms with Gasteiger partial charge in [0.25, 0.3) is 0 Å². The molecule has 0 radical (unpaired) electrons. The summed E-state index contributed by atoms with van der Waals surface area (Å²) in [6.07, 6.45) is 52.5. The van der Waals surface area contributed by atoms with E-state index in [1.807, 2.05) is 0 Å². The van der Waals surface area contributed by atoms with Gasteiger partial charge in [-0.2, -0.15) is 0 Å². The maximum absolute atomic E-state index is 7.00. The van der Waals surface area contributed by atoms with E-state index < -0.39 is 0 Å². The first-order valence-corrected chi connectivity index (χ1v) is 20.6. The third-order valence-corrected chi connectivity index (χ3v) is 8.75. The number of aliphatic hydroxyl groups excluding tert-OH is 7. The molecule has 7 nitrogen and oxygen atoms in total. The van der Waals surface area contributed by atoms with Gasteiger partial charge < -0.3 is 35.7 Å². The predicted octanol–water partition coefficient (Wildman–Crippen LogP) is 10.9. The van der Waals surface area contributed by atoms with Gasteiger partial charge in [0.2, 0.25) is 0 Å². The molecule has 49 heavy (non-hydrogen) atoms. The van der Waals surface area contributed by atoms with E-state index in [9.17, 15) is 0 Å². The minimum atomic E-state index is 1.00. The van der Waals surface area contributed by atoms with Gasteiger partial charge in [0.1, 0.15) is 0 Å². The fourth-order valence-corrected chi connectivity index (χ4v) is 6.19. The maximum Gasteiger partial charge on any atom is 0.0319 e. The molecule has 308 valence electrons. The average Bonchev–Trinajstić information content (AvgIpc) is 3.19. The molecule has 0 aliphatic heterocycles. The van der Waals surface area contributed by atoms with Crippen molar-refractivity contribution in [2.24, 2.45) is 0 Å². The summed E-state index contributed by atoms with van der Waals surface area (Å²) in [5, 5.41) is 49.0. The van der Waals surface area contributed by atoms with E-state index in [0.29, 0.717) is 0 Å². The number of hydrogen-bond donors (Lipinski definition) is 7. The van der Waals surface area contributed by atoms with Crippen LogP contribution in [0.2, 0.25) is 0 Å². The molecule has 1 aliphatic rings. The zero-order chi connectivity index (χ0) is 38.7. The van der Waals surface area contributed by atoms with Crippen LogP contribution in [0.15, 0.2) is 0 Å². The predicted molar refractivity (Wildman–Crippen MR) is 219 cm³/mol. The summed E-state index contributed by atoms with van der Waals surface area (Å²) < 4.78 is 0. The Morgan fingerprint density at radius 3 is 0.143 bits per heavy atom. The Morgan fingerprint density at radius 2 is 0.122 bits per heavy atom. The fraction of sp³-hybridized carbons (Fsp3) is 1.00. The quantitative estimate of drug-likeness (QED) is 0.132. The Bertz CT molecular complexity index is 209. The molecule has 1 rings (SSSR count). The summed E-state index contributed by atoms with van der Waals surface area (Å²) >= 11 is 0. The van der Waals surface area contributed by atoms with Gasteiger partial charge in [-0.15, -0.1) is 0 Å². The van der Waals surface area contributed by atoms with Gasteiger partial charge >= 0.3 is 0 Å². The third-order valence-electron chi connectivity index (χ3n) is 8.75. The van der Waals surface area contributed by atoms with E-state index in [-0.39, 0.29) is 0 Å². The first-order chi connectivity index (χ1) is 24.5. The van der Waals surface area contributed by atoms with Crippen LogP contribution in [-0.2, 0) is 0 Å². The molecule has 0 aromatic carbocycles. The molecule has 1 fully saturated rings. The molecular formula is C42H98O7. The van der Waals surface area contributed by atoms with Gasteiger partial charge in [-0.05, 0) is 0 Å². The van der Waals surface area contributed by atoms with Crippen molar-refractivity contribution in [1.29, 1.82) is 0 Å². The molecule has 0 heterocycles. The first-order valence-electron chi connectivity index (χ1n) is 20.6. The second-order valence-electron chi connectivity index (χ2n) is 12.4. The van der Waals surface area contributed by atoms with Crippen molar-refractivity contribution in [3.8, 4) is 0 Å². The van der Waals surface area contributed by atoms with Crippen molar-refractivity contribution in [2.75, 3.05) is 49.8 Å². The molecule has 0 aromatic heterocycles. The molecule has 0 atom stereocenters. The molecule has 0 amide bonds. The molecule has 0 saturated heterocycles. The number of rotatable bonds is 0. The van der Waals surface area contributed by atoms with Gasteiger partial charge in [-0.3, -0.25) is 0 Å². The highest BCUT2D eigenvalue weighted by Crippen LogP contribution is 2.18. The van der Waals surface area contributed by atoms with Crippen LogP contribution in [0.3, 0.4) is 0 Å². The second kappa shape index (κ2) is 86.4. The van der Waals surface area contributed by atoms with E-state index in [1.165, 1.54) is 225 Å². The van der Waals surface area contributed by atoms with Crippen molar-refractivity contribution in [3.63, 3.8) is 0 Å². The van der Waals surface area contributed by atoms with E-state index in [4.69, 9.17) is 35.7 Å². The zero-order valence-electron chi connectivity index (χ0n) is 34.9. The third kappa shape index (κ3) is 82.7. The molecule has 7 N–H and O–H groups in total. The summed E-state index contributed by atoms with van der Waals surface area (Å²) in [6, 6.07) is 0. The molecular weight excluding hydrogens is 616 g/mol. The lowest BCUT2D eigenvalue weighted by molar-refractivity contribution is 0.399. The van der Waals surface area contributed by atoms with Gasteiger partial charge in [-0.1, -0.05) is 225 Å². The van der Waals surface area contributed by atoms with Crippen molar-refractivity contribution in [1.82, 2.24) is 0 Å². The van der Waals surface area contributed by atoms with Crippen LogP contribution < -0.4 is 0 Å². The normalized spacial score (nSPS) is 18.0. The largest absolute Gasteiger partial charge is 0.400 e. The van der Waals surface area contributed by atoms with Crippen LogP contribution in [0, 0.1) is 0 Å². The maximum atomic E-state index is 7.00. The minimum Gasteiger partial charge on any atom is -0.400 e. The summed E-state index contributed by atoms with van der Waals surface area (Å²) in [7, 11) is 7.00. The Morgan fingerprint density at radius 1 is 0.102 bits per heavy atom. The molecule has 0 bridgehead atoms. The van der Waals surface area contributed by atoms with Crippen LogP contribution in [0.5, 0.6) is 0 Å². The Balaban J connectivity index is -0.000000223. The smallest absolute Gasteiger partial charge is 0.0319 e. The van der Waals surface area contributed by atoms with Crippen LogP contribution in [-0.4, -0.2) is 85.5 Å². The molecule has 1 saturated carbocycles. The monoisotopic (exact) mass is 715 g/mol. The fourth-order valence-electron chi connectivity index (χ4n) is 6.19. The highest BCUT2D eigenvalue weighted by Gasteiger charge is 1.98. The molecule has 0 unspecified atom stereocenters. The van der Waals surface area contributed by atoms with Gasteiger partial charge in [0.15, 0.2) is 0 Å². The van der Waals surface area contributed by atoms with Crippen molar-refractivity contribution in [3.05, 3.63) is 0 Å². The SMILES string of the molecule is C1CCCCCCCCCCCCCCCCCCCCCCCCCCCCCCCCCC1.CO.CO.CO.CO.CO.CO.CO. The van der Waals surface area contributed by atoms with Crippen molar-refractivity contribution in [2.45, 2.75) is 225 Å². The second-order valence-corrected chi connectivity index (χ2v) is 12.4. The lowest BCUT2D eigenvalue weighted by Crippen LogP contribution is -1.85. The average molecular weight is 715 g/mol. The van der Waals surface area contributed by atoms with Crippen LogP contribution >= 0.6 is 0 Å². The minimum absolute atomic E-state index is 1.00. The number of aliphatic hydroxyl groups is 7. The summed E-state index contributed by atoms with van der Waals surface area (Å²) in [4.78, 5) is 0. The van der Waals surface area contributed by atoms with Gasteiger partial charge in [0, 0.05) is 49.8 Å². The highest BCUT2D eigenvalue weighted by molar-refractivity contribution is 4.54. The van der Waals surface area contributed by atoms with E-state index in [1.54, 1.807) is 0 Å². The van der Waals surface area contributed by atoms with E-state index in [2.05, 4.69) is 0 Å². The zero-order valence-corrected chi connectivity index (χ0v) is 34.9. The summed E-state index contributed by atoms with van der Waals surface area (Å²) in [6.45, 7) is 0. The first kappa shape index (κ1) is 63.7. The van der Waals surface area contributed by atoms with Crippen molar-refractivity contribution >= 4 is 0 Å². The summed E-state index contributed by atoms with van der Waals surface area (Å²) in [5.74, 6) is 0. The molecule has 7 heteroatoms. The topological polar surface area (TPSA) is 142 Å². The van der Waals surface area contributed by atoms with Crippen LogP contribution in [0.1, 0.15) is 225 Å². The molecule has 0 spiro atoms. The van der Waals surface area contributed by atoms with Crippen LogP contribution in [0.25, 0.3) is 0 Å². The Kier molecular flexibility index (Phi) is 112. The lowest BCUT2D eigenvalue weighted by atomic mass is 10.0. The molecule has 0 aromatic rings. The van der Waals surface area contributed by atoms with E-state index >= 15 is 0 Å². The lowest BCUT2D eigenvalue weighted by Gasteiger charge is -2.04. The van der Waals surface area contributed by atoms with Crippen molar-refractivity contribution < 1.29 is 35.7 Å². The number of hydrogen-bond acceptors (Lipinski definition) is 7. The Labute approximate surface area is 309 Å². The highest BCUT2D eigenvalue weighted by atomic mass is 16.2. The van der Waals surface area contributed by atoms with Gasteiger partial charge in [0.05, 0.1) is 0 Å².